The van der Waals surface area contributed by atoms with E-state index in [1.54, 1.807) is 11.9 Å². The van der Waals surface area contributed by atoms with Gasteiger partial charge in [-0.1, -0.05) is 29.8 Å². The van der Waals surface area contributed by atoms with Crippen LogP contribution in [0, 0.1) is 6.92 Å². The summed E-state index contributed by atoms with van der Waals surface area (Å²) in [5.41, 5.74) is 3.27. The van der Waals surface area contributed by atoms with Gasteiger partial charge in [0.25, 0.3) is 5.91 Å². The first-order valence-electron chi connectivity index (χ1n) is 5.67. The van der Waals surface area contributed by atoms with Crippen molar-refractivity contribution in [2.75, 3.05) is 7.05 Å². The molecule has 1 aromatic carbocycles. The summed E-state index contributed by atoms with van der Waals surface area (Å²) in [5, 5.41) is 7.61. The molecule has 5 heteroatoms. The summed E-state index contributed by atoms with van der Waals surface area (Å²) in [4.78, 5) is 13.8. The molecule has 2 aromatic rings. The zero-order chi connectivity index (χ0) is 12.9. The highest BCUT2D eigenvalue weighted by Crippen LogP contribution is 2.40. The Bertz CT molecular complexity index is 635. The number of hydrogen-bond acceptors (Lipinski definition) is 2. The molecule has 1 unspecified atom stereocenters. The highest BCUT2D eigenvalue weighted by atomic mass is 35.5. The monoisotopic (exact) mass is 261 g/mol. The average Bonchev–Trinajstić information content (AvgIpc) is 2.83. The van der Waals surface area contributed by atoms with Gasteiger partial charge in [0.2, 0.25) is 0 Å². The predicted molar refractivity (Wildman–Crippen MR) is 68.7 cm³/mol. The van der Waals surface area contributed by atoms with E-state index in [-0.39, 0.29) is 11.9 Å². The Balaban J connectivity index is 2.21. The fourth-order valence-electron chi connectivity index (χ4n) is 2.47. The fraction of sp³-hybridized carbons (Fsp3) is 0.231. The third-order valence-corrected chi connectivity index (χ3v) is 3.72. The van der Waals surface area contributed by atoms with E-state index in [9.17, 15) is 4.79 Å². The van der Waals surface area contributed by atoms with Crippen LogP contribution in [0.2, 0.25) is 5.02 Å². The number of fused-ring (bicyclic) bond motifs is 1. The first-order chi connectivity index (χ1) is 8.61. The zero-order valence-corrected chi connectivity index (χ0v) is 10.8. The van der Waals surface area contributed by atoms with Crippen LogP contribution < -0.4 is 0 Å². The van der Waals surface area contributed by atoms with E-state index in [1.807, 2.05) is 31.2 Å². The molecule has 0 fully saturated rings. The van der Waals surface area contributed by atoms with Crippen molar-refractivity contribution >= 4 is 17.5 Å². The third kappa shape index (κ3) is 1.39. The van der Waals surface area contributed by atoms with Gasteiger partial charge >= 0.3 is 0 Å². The molecule has 1 aromatic heterocycles. The highest BCUT2D eigenvalue weighted by molar-refractivity contribution is 6.31. The SMILES string of the molecule is Cc1[nH]nc2c1C(c1ccccc1Cl)N(C)C2=O. The van der Waals surface area contributed by atoms with Crippen molar-refractivity contribution in [2.45, 2.75) is 13.0 Å². The number of nitrogens with one attached hydrogen (secondary N) is 1. The van der Waals surface area contributed by atoms with E-state index in [0.717, 1.165) is 16.8 Å². The van der Waals surface area contributed by atoms with Crippen molar-refractivity contribution in [3.63, 3.8) is 0 Å². The number of aromatic nitrogens is 2. The molecular formula is C13H12ClN3O. The van der Waals surface area contributed by atoms with Gasteiger partial charge in [0.15, 0.2) is 5.69 Å². The number of aryl methyl sites for hydroxylation is 1. The van der Waals surface area contributed by atoms with Crippen molar-refractivity contribution in [3.8, 4) is 0 Å². The Morgan fingerprint density at radius 2 is 2.11 bits per heavy atom. The Hall–Kier alpha value is -1.81. The minimum atomic E-state index is -0.153. The minimum Gasteiger partial charge on any atom is -0.329 e. The van der Waals surface area contributed by atoms with Crippen molar-refractivity contribution in [2.24, 2.45) is 0 Å². The molecule has 1 amide bonds. The summed E-state index contributed by atoms with van der Waals surface area (Å²) < 4.78 is 0. The molecule has 0 saturated carbocycles. The number of H-pyrrole nitrogens is 1. The molecule has 1 aliphatic heterocycles. The molecular weight excluding hydrogens is 250 g/mol. The second kappa shape index (κ2) is 3.85. The molecule has 0 saturated heterocycles. The van der Waals surface area contributed by atoms with E-state index in [0.29, 0.717) is 10.7 Å². The lowest BCUT2D eigenvalue weighted by atomic mass is 9.99. The van der Waals surface area contributed by atoms with Gasteiger partial charge in [-0.15, -0.1) is 0 Å². The number of halogens is 1. The van der Waals surface area contributed by atoms with Crippen LogP contribution in [0.1, 0.15) is 33.4 Å². The minimum absolute atomic E-state index is 0.0701. The van der Waals surface area contributed by atoms with Crippen LogP contribution in [-0.2, 0) is 0 Å². The van der Waals surface area contributed by atoms with Crippen molar-refractivity contribution < 1.29 is 4.79 Å². The number of rotatable bonds is 1. The second-order valence-electron chi connectivity index (χ2n) is 4.45. The Morgan fingerprint density at radius 1 is 1.39 bits per heavy atom. The molecule has 0 spiro atoms. The van der Waals surface area contributed by atoms with Gasteiger partial charge in [-0.3, -0.25) is 9.89 Å². The van der Waals surface area contributed by atoms with Gasteiger partial charge in [-0.25, -0.2) is 0 Å². The number of amides is 1. The largest absolute Gasteiger partial charge is 0.329 e. The standard InChI is InChI=1S/C13H12ClN3O/c1-7-10-11(16-15-7)13(18)17(2)12(10)8-5-3-4-6-9(8)14/h3-6,12H,1-2H3,(H,15,16). The molecule has 3 rings (SSSR count). The molecule has 92 valence electrons. The van der Waals surface area contributed by atoms with E-state index in [2.05, 4.69) is 10.2 Å². The molecule has 1 atom stereocenters. The number of carbonyl (C=O) groups excluding carboxylic acids is 1. The maximum atomic E-state index is 12.1. The summed E-state index contributed by atoms with van der Waals surface area (Å²) >= 11 is 6.23. The number of hydrogen-bond donors (Lipinski definition) is 1. The quantitative estimate of drug-likeness (QED) is 0.858. The molecule has 0 bridgehead atoms. The van der Waals surface area contributed by atoms with Crippen molar-refractivity contribution in [1.29, 1.82) is 0 Å². The molecule has 1 N–H and O–H groups in total. The fourth-order valence-corrected chi connectivity index (χ4v) is 2.71. The number of benzene rings is 1. The lowest BCUT2D eigenvalue weighted by molar-refractivity contribution is 0.0787. The summed E-state index contributed by atoms with van der Waals surface area (Å²) in [7, 11) is 1.78. The molecule has 4 nitrogen and oxygen atoms in total. The Morgan fingerprint density at radius 3 is 2.83 bits per heavy atom. The number of aromatic amines is 1. The van der Waals surface area contributed by atoms with Crippen LogP contribution in [0.25, 0.3) is 0 Å². The summed E-state index contributed by atoms with van der Waals surface area (Å²) in [6, 6.07) is 7.43. The smallest absolute Gasteiger partial charge is 0.275 e. The van der Waals surface area contributed by atoms with Crippen LogP contribution in [0.5, 0.6) is 0 Å². The summed E-state index contributed by atoms with van der Waals surface area (Å²) in [6.07, 6.45) is 0. The number of carbonyl (C=O) groups is 1. The predicted octanol–water partition coefficient (Wildman–Crippen LogP) is 2.55. The van der Waals surface area contributed by atoms with Gasteiger partial charge in [-0.2, -0.15) is 5.10 Å². The highest BCUT2D eigenvalue weighted by Gasteiger charge is 2.39. The summed E-state index contributed by atoms with van der Waals surface area (Å²) in [5.74, 6) is -0.0701. The van der Waals surface area contributed by atoms with Gasteiger partial charge in [0.05, 0.1) is 6.04 Å². The van der Waals surface area contributed by atoms with Crippen LogP contribution in [-0.4, -0.2) is 28.1 Å². The second-order valence-corrected chi connectivity index (χ2v) is 4.86. The van der Waals surface area contributed by atoms with Crippen molar-refractivity contribution in [3.05, 3.63) is 51.8 Å². The van der Waals surface area contributed by atoms with Crippen molar-refractivity contribution in [1.82, 2.24) is 15.1 Å². The van der Waals surface area contributed by atoms with Crippen LogP contribution in [0.15, 0.2) is 24.3 Å². The lowest BCUT2D eigenvalue weighted by Gasteiger charge is -2.22. The van der Waals surface area contributed by atoms with Crippen LogP contribution in [0.3, 0.4) is 0 Å². The molecule has 2 heterocycles. The number of nitrogens with zero attached hydrogens (tertiary/aromatic N) is 2. The molecule has 1 aliphatic rings. The first kappa shape index (κ1) is 11.3. The van der Waals surface area contributed by atoms with Gasteiger partial charge in [-0.05, 0) is 18.6 Å². The summed E-state index contributed by atoms with van der Waals surface area (Å²) in [6.45, 7) is 1.92. The normalized spacial score (nSPS) is 18.3. The van der Waals surface area contributed by atoms with Gasteiger partial charge < -0.3 is 4.90 Å². The van der Waals surface area contributed by atoms with Gasteiger partial charge in [0.1, 0.15) is 0 Å². The maximum absolute atomic E-state index is 12.1. The lowest BCUT2D eigenvalue weighted by Crippen LogP contribution is -2.25. The van der Waals surface area contributed by atoms with E-state index in [4.69, 9.17) is 11.6 Å². The van der Waals surface area contributed by atoms with E-state index < -0.39 is 0 Å². The third-order valence-electron chi connectivity index (χ3n) is 3.38. The maximum Gasteiger partial charge on any atom is 0.275 e. The van der Waals surface area contributed by atoms with Crippen LogP contribution >= 0.6 is 11.6 Å². The molecule has 18 heavy (non-hydrogen) atoms. The zero-order valence-electron chi connectivity index (χ0n) is 10.1. The Kier molecular flexibility index (Phi) is 2.41. The van der Waals surface area contributed by atoms with E-state index >= 15 is 0 Å². The average molecular weight is 262 g/mol. The molecule has 0 radical (unpaired) electrons. The molecule has 0 aliphatic carbocycles. The Labute approximate surface area is 110 Å². The van der Waals surface area contributed by atoms with E-state index in [1.165, 1.54) is 0 Å². The van der Waals surface area contributed by atoms with Crippen LogP contribution in [0.4, 0.5) is 0 Å². The topological polar surface area (TPSA) is 49.0 Å². The van der Waals surface area contributed by atoms with Gasteiger partial charge in [0, 0.05) is 23.3 Å². The first-order valence-corrected chi connectivity index (χ1v) is 6.05.